The molecule has 0 aliphatic carbocycles. The zero-order valence-corrected chi connectivity index (χ0v) is 16.3. The summed E-state index contributed by atoms with van der Waals surface area (Å²) in [7, 11) is 0. The summed E-state index contributed by atoms with van der Waals surface area (Å²) >= 11 is 6.64. The molecule has 2 rings (SSSR count). The molecule has 2 N–H and O–H groups in total. The van der Waals surface area contributed by atoms with Gasteiger partial charge in [-0.3, -0.25) is 0 Å². The molecule has 23 heavy (non-hydrogen) atoms. The number of benzene rings is 1. The van der Waals surface area contributed by atoms with Gasteiger partial charge in [0, 0.05) is 22.2 Å². The fourth-order valence-electron chi connectivity index (χ4n) is 2.46. The highest BCUT2D eigenvalue weighted by Crippen LogP contribution is 2.40. The maximum absolute atomic E-state index is 10.7. The van der Waals surface area contributed by atoms with E-state index >= 15 is 0 Å². The fraction of sp³-hybridized carbons (Fsp3) is 0.421. The van der Waals surface area contributed by atoms with Crippen LogP contribution in [0.3, 0.4) is 0 Å². The fourth-order valence-corrected chi connectivity index (χ4v) is 3.27. The molecule has 0 radical (unpaired) electrons. The van der Waals surface area contributed by atoms with Crippen molar-refractivity contribution in [3.05, 3.63) is 43.9 Å². The number of rotatable bonds is 2. The summed E-state index contributed by atoms with van der Waals surface area (Å²) < 4.78 is 0.779. The number of aromatic nitrogens is 1. The number of hydrogen-bond donors (Lipinski definition) is 2. The number of phenolic OH excluding ortho intramolecular Hbond substituents is 1. The minimum absolute atomic E-state index is 0.115. The number of thiazole rings is 1. The Morgan fingerprint density at radius 1 is 1.00 bits per heavy atom. The number of hydrogen-bond acceptors (Lipinski definition) is 3. The zero-order chi connectivity index (χ0) is 17.4. The van der Waals surface area contributed by atoms with Gasteiger partial charge in [-0.15, -0.1) is 11.3 Å². The predicted molar refractivity (Wildman–Crippen MR) is 104 cm³/mol. The smallest absolute Gasteiger partial charge is 0.158 e. The molecule has 1 aromatic heterocycles. The molecule has 0 aliphatic heterocycles. The van der Waals surface area contributed by atoms with Gasteiger partial charge in [0.05, 0.1) is 0 Å². The van der Waals surface area contributed by atoms with E-state index in [9.17, 15) is 5.11 Å². The summed E-state index contributed by atoms with van der Waals surface area (Å²) in [5.74, 6) is 0.414. The van der Waals surface area contributed by atoms with Crippen LogP contribution in [0.5, 0.6) is 5.75 Å². The lowest BCUT2D eigenvalue weighted by Crippen LogP contribution is -2.17. The van der Waals surface area contributed by atoms with Crippen LogP contribution in [-0.2, 0) is 10.8 Å². The van der Waals surface area contributed by atoms with Crippen LogP contribution in [0.25, 0.3) is 12.2 Å². The second kappa shape index (κ2) is 6.25. The Labute approximate surface area is 147 Å². The molecule has 1 heterocycles. The van der Waals surface area contributed by atoms with Crippen molar-refractivity contribution in [3.63, 3.8) is 0 Å². The highest BCUT2D eigenvalue weighted by Gasteiger charge is 2.26. The van der Waals surface area contributed by atoms with Crippen molar-refractivity contribution in [1.29, 1.82) is 0 Å². The normalized spacial score (nSPS) is 13.0. The summed E-state index contributed by atoms with van der Waals surface area (Å²) in [5, 5.41) is 12.7. The number of aromatic amines is 1. The molecule has 0 unspecified atom stereocenters. The van der Waals surface area contributed by atoms with Crippen LogP contribution in [0.2, 0.25) is 0 Å². The molecule has 0 spiro atoms. The van der Waals surface area contributed by atoms with Crippen molar-refractivity contribution in [3.8, 4) is 5.75 Å². The third-order valence-electron chi connectivity index (χ3n) is 3.74. The molecule has 0 saturated carbocycles. The number of nitrogens with one attached hydrogen (secondary N) is 1. The summed E-state index contributed by atoms with van der Waals surface area (Å²) in [5.41, 5.74) is 3.81. The lowest BCUT2D eigenvalue weighted by molar-refractivity contribution is 0.423. The average molecular weight is 348 g/mol. The van der Waals surface area contributed by atoms with Crippen LogP contribution in [0.15, 0.2) is 17.5 Å². The van der Waals surface area contributed by atoms with Gasteiger partial charge < -0.3 is 10.1 Å². The van der Waals surface area contributed by atoms with E-state index in [-0.39, 0.29) is 10.8 Å². The first kappa shape index (κ1) is 18.0. The van der Waals surface area contributed by atoms with Crippen LogP contribution in [0, 0.1) is 3.95 Å². The van der Waals surface area contributed by atoms with Gasteiger partial charge in [-0.25, -0.2) is 0 Å². The summed E-state index contributed by atoms with van der Waals surface area (Å²) in [6, 6.07) is 4.14. The van der Waals surface area contributed by atoms with Gasteiger partial charge >= 0.3 is 0 Å². The lowest BCUT2D eigenvalue weighted by atomic mass is 9.78. The average Bonchev–Trinajstić information content (AvgIpc) is 2.80. The first-order valence-corrected chi connectivity index (χ1v) is 9.01. The monoisotopic (exact) mass is 347 g/mol. The zero-order valence-electron chi connectivity index (χ0n) is 14.7. The third-order valence-corrected chi connectivity index (χ3v) is 4.82. The maximum atomic E-state index is 10.7. The number of phenols is 1. The molecule has 0 atom stereocenters. The van der Waals surface area contributed by atoms with Gasteiger partial charge in [-0.05, 0) is 46.8 Å². The quantitative estimate of drug-likeness (QED) is 0.627. The third kappa shape index (κ3) is 4.33. The van der Waals surface area contributed by atoms with Crippen LogP contribution in [0.1, 0.15) is 63.9 Å². The topological polar surface area (TPSA) is 36.0 Å². The van der Waals surface area contributed by atoms with Gasteiger partial charge in [0.1, 0.15) is 5.75 Å². The number of aromatic hydroxyl groups is 1. The minimum atomic E-state index is -0.115. The van der Waals surface area contributed by atoms with Gasteiger partial charge in [0.15, 0.2) is 3.95 Å². The first-order chi connectivity index (χ1) is 10.5. The maximum Gasteiger partial charge on any atom is 0.158 e. The Bertz CT molecular complexity index is 748. The standard InChI is InChI=1S/C19H25NOS2/c1-18(2,3)14-9-12(7-8-13-11-23-17(22)20-13)10-15(16(14)21)19(4,5)6/h7-11,21H,1-6H3,(H,20,22)/b8-7+. The Kier molecular flexibility index (Phi) is 4.88. The highest BCUT2D eigenvalue weighted by molar-refractivity contribution is 7.73. The second-order valence-electron chi connectivity index (χ2n) is 7.90. The molecule has 2 aromatic rings. The van der Waals surface area contributed by atoms with Crippen molar-refractivity contribution in [2.75, 3.05) is 0 Å². The molecule has 0 amide bonds. The van der Waals surface area contributed by atoms with Gasteiger partial charge in [0.2, 0.25) is 0 Å². The van der Waals surface area contributed by atoms with E-state index < -0.39 is 0 Å². The predicted octanol–water partition coefficient (Wildman–Crippen LogP) is 6.28. The van der Waals surface area contributed by atoms with E-state index in [1.54, 1.807) is 0 Å². The molecular weight excluding hydrogens is 322 g/mol. The van der Waals surface area contributed by atoms with Crippen LogP contribution < -0.4 is 0 Å². The van der Waals surface area contributed by atoms with Crippen molar-refractivity contribution >= 4 is 35.7 Å². The molecule has 0 aliphatic rings. The Hall–Kier alpha value is -1.39. The molecule has 124 valence electrons. The lowest BCUT2D eigenvalue weighted by Gasteiger charge is -2.27. The van der Waals surface area contributed by atoms with E-state index in [0.717, 1.165) is 26.3 Å². The van der Waals surface area contributed by atoms with E-state index in [0.29, 0.717) is 5.75 Å². The first-order valence-electron chi connectivity index (χ1n) is 7.72. The van der Waals surface area contributed by atoms with E-state index in [1.807, 2.05) is 11.5 Å². The summed E-state index contributed by atoms with van der Waals surface area (Å²) in [4.78, 5) is 3.14. The molecule has 0 saturated heterocycles. The van der Waals surface area contributed by atoms with Crippen LogP contribution in [-0.4, -0.2) is 10.1 Å². The molecule has 1 aromatic carbocycles. The molecule has 0 fully saturated rings. The van der Waals surface area contributed by atoms with E-state index in [4.69, 9.17) is 12.2 Å². The SMILES string of the molecule is CC(C)(C)c1cc(/C=C/c2csc(=S)[nH]2)cc(C(C)(C)C)c1O. The molecule has 0 bridgehead atoms. The Morgan fingerprint density at radius 2 is 1.52 bits per heavy atom. The van der Waals surface area contributed by atoms with Crippen molar-refractivity contribution in [2.45, 2.75) is 52.4 Å². The minimum Gasteiger partial charge on any atom is -0.507 e. The van der Waals surface area contributed by atoms with E-state index in [1.165, 1.54) is 11.3 Å². The van der Waals surface area contributed by atoms with Crippen molar-refractivity contribution < 1.29 is 5.11 Å². The summed E-state index contributed by atoms with van der Waals surface area (Å²) in [6.07, 6.45) is 4.09. The Balaban J connectivity index is 2.56. The van der Waals surface area contributed by atoms with Gasteiger partial charge in [-0.2, -0.15) is 0 Å². The second-order valence-corrected chi connectivity index (χ2v) is 9.45. The van der Waals surface area contributed by atoms with Gasteiger partial charge in [-0.1, -0.05) is 47.6 Å². The highest BCUT2D eigenvalue weighted by atomic mass is 32.1. The number of H-pyrrole nitrogens is 1. The van der Waals surface area contributed by atoms with Crippen molar-refractivity contribution in [1.82, 2.24) is 4.98 Å². The van der Waals surface area contributed by atoms with Crippen LogP contribution >= 0.6 is 23.6 Å². The molecule has 2 nitrogen and oxygen atoms in total. The van der Waals surface area contributed by atoms with Crippen molar-refractivity contribution in [2.24, 2.45) is 0 Å². The van der Waals surface area contributed by atoms with E-state index in [2.05, 4.69) is 64.7 Å². The van der Waals surface area contributed by atoms with Gasteiger partial charge in [0.25, 0.3) is 0 Å². The molecular formula is C19H25NOS2. The largest absolute Gasteiger partial charge is 0.507 e. The Morgan fingerprint density at radius 3 is 1.91 bits per heavy atom. The summed E-state index contributed by atoms with van der Waals surface area (Å²) in [6.45, 7) is 12.7. The molecule has 4 heteroatoms. The van der Waals surface area contributed by atoms with Crippen LogP contribution in [0.4, 0.5) is 0 Å².